The second kappa shape index (κ2) is 7.54. The lowest BCUT2D eigenvalue weighted by molar-refractivity contribution is 0.100. The van der Waals surface area contributed by atoms with Crippen molar-refractivity contribution in [1.29, 1.82) is 0 Å². The third-order valence-corrected chi connectivity index (χ3v) is 3.62. The van der Waals surface area contributed by atoms with Crippen molar-refractivity contribution in [2.75, 3.05) is 19.0 Å². The maximum atomic E-state index is 11.1. The van der Waals surface area contributed by atoms with Gasteiger partial charge in [-0.15, -0.1) is 5.10 Å². The number of aromatic nitrogens is 4. The third kappa shape index (κ3) is 3.99. The lowest BCUT2D eigenvalue weighted by Crippen LogP contribution is -2.10. The van der Waals surface area contributed by atoms with Crippen LogP contribution in [0.3, 0.4) is 0 Å². The average molecular weight is 338 g/mol. The number of nitrogens with two attached hydrogens (primary N) is 1. The van der Waals surface area contributed by atoms with Crippen LogP contribution in [0.2, 0.25) is 0 Å². The topological polar surface area (TPSA) is 108 Å². The molecule has 0 spiro atoms. The number of methoxy groups -OCH3 is 1. The van der Waals surface area contributed by atoms with Gasteiger partial charge in [-0.2, -0.15) is 0 Å². The Morgan fingerprint density at radius 1 is 1.20 bits per heavy atom. The number of hydrogen-bond acceptors (Lipinski definition) is 6. The predicted octanol–water partition coefficient (Wildman–Crippen LogP) is 1.83. The summed E-state index contributed by atoms with van der Waals surface area (Å²) >= 11 is 0. The first-order valence-corrected chi connectivity index (χ1v) is 7.70. The zero-order valence-electron chi connectivity index (χ0n) is 13.7. The fraction of sp³-hybridized carbons (Fsp3) is 0.176. The number of hydrogen-bond donors (Lipinski definition) is 2. The monoisotopic (exact) mass is 338 g/mol. The van der Waals surface area contributed by atoms with Gasteiger partial charge in [0.2, 0.25) is 5.91 Å². The number of carbonyl (C=O) groups excluding carboxylic acids is 1. The highest BCUT2D eigenvalue weighted by Crippen LogP contribution is 2.23. The molecule has 3 N–H and O–H groups in total. The highest BCUT2D eigenvalue weighted by Gasteiger charge is 2.09. The largest absolute Gasteiger partial charge is 0.383 e. The molecule has 0 aliphatic rings. The van der Waals surface area contributed by atoms with Gasteiger partial charge >= 0.3 is 0 Å². The van der Waals surface area contributed by atoms with Crippen molar-refractivity contribution in [3.05, 3.63) is 54.1 Å². The third-order valence-electron chi connectivity index (χ3n) is 3.62. The van der Waals surface area contributed by atoms with E-state index >= 15 is 0 Å². The molecule has 0 aliphatic heterocycles. The lowest BCUT2D eigenvalue weighted by Gasteiger charge is -2.09. The van der Waals surface area contributed by atoms with Crippen molar-refractivity contribution in [1.82, 2.24) is 20.2 Å². The van der Waals surface area contributed by atoms with E-state index in [0.717, 1.165) is 16.9 Å². The van der Waals surface area contributed by atoms with Crippen LogP contribution in [0.25, 0.3) is 11.4 Å². The van der Waals surface area contributed by atoms with Crippen molar-refractivity contribution < 1.29 is 9.53 Å². The molecule has 0 saturated heterocycles. The molecule has 0 saturated carbocycles. The minimum Gasteiger partial charge on any atom is -0.383 e. The van der Waals surface area contributed by atoms with Crippen LogP contribution in [0.4, 0.5) is 11.4 Å². The van der Waals surface area contributed by atoms with E-state index in [2.05, 4.69) is 20.8 Å². The molecule has 8 heteroatoms. The van der Waals surface area contributed by atoms with Crippen molar-refractivity contribution in [2.45, 2.75) is 6.54 Å². The van der Waals surface area contributed by atoms with Gasteiger partial charge in [0.15, 0.2) is 5.82 Å². The van der Waals surface area contributed by atoms with Gasteiger partial charge in [0.1, 0.15) is 0 Å². The quantitative estimate of drug-likeness (QED) is 0.680. The number of anilines is 2. The maximum absolute atomic E-state index is 11.1. The first-order valence-electron chi connectivity index (χ1n) is 7.70. The molecule has 0 bridgehead atoms. The van der Waals surface area contributed by atoms with E-state index in [1.807, 2.05) is 24.3 Å². The maximum Gasteiger partial charge on any atom is 0.248 e. The van der Waals surface area contributed by atoms with Gasteiger partial charge in [-0.25, -0.2) is 4.68 Å². The molecule has 128 valence electrons. The Balaban J connectivity index is 1.80. The SMILES string of the molecule is COCCn1nnnc1-c1cccc(Nc2ccc(C(N)=O)cc2)c1. The molecular formula is C17H18N6O2. The highest BCUT2D eigenvalue weighted by molar-refractivity contribution is 5.93. The van der Waals surface area contributed by atoms with Crippen molar-refractivity contribution in [2.24, 2.45) is 5.73 Å². The van der Waals surface area contributed by atoms with Crippen molar-refractivity contribution >= 4 is 17.3 Å². The summed E-state index contributed by atoms with van der Waals surface area (Å²) in [6, 6.07) is 14.7. The van der Waals surface area contributed by atoms with Gasteiger partial charge in [0.25, 0.3) is 0 Å². The Kier molecular flexibility index (Phi) is 5.00. The molecule has 2 aromatic carbocycles. The minimum absolute atomic E-state index is 0.448. The van der Waals surface area contributed by atoms with E-state index in [4.69, 9.17) is 10.5 Å². The molecule has 1 amide bonds. The van der Waals surface area contributed by atoms with Gasteiger partial charge in [0.05, 0.1) is 13.2 Å². The fourth-order valence-electron chi connectivity index (χ4n) is 2.36. The van der Waals surface area contributed by atoms with Gasteiger partial charge in [-0.3, -0.25) is 4.79 Å². The molecule has 8 nitrogen and oxygen atoms in total. The second-order valence-electron chi connectivity index (χ2n) is 5.37. The Morgan fingerprint density at radius 3 is 2.72 bits per heavy atom. The van der Waals surface area contributed by atoms with Crippen LogP contribution in [0.1, 0.15) is 10.4 Å². The molecule has 3 rings (SSSR count). The first-order chi connectivity index (χ1) is 12.2. The molecule has 1 aromatic heterocycles. The molecule has 0 atom stereocenters. The summed E-state index contributed by atoms with van der Waals surface area (Å²) in [6.45, 7) is 1.10. The average Bonchev–Trinajstić information content (AvgIpc) is 3.09. The zero-order valence-corrected chi connectivity index (χ0v) is 13.7. The van der Waals surface area contributed by atoms with Crippen LogP contribution in [0.15, 0.2) is 48.5 Å². The summed E-state index contributed by atoms with van der Waals surface area (Å²) in [6.07, 6.45) is 0. The van der Waals surface area contributed by atoms with E-state index in [-0.39, 0.29) is 0 Å². The van der Waals surface area contributed by atoms with Crippen LogP contribution >= 0.6 is 0 Å². The van der Waals surface area contributed by atoms with E-state index < -0.39 is 5.91 Å². The number of rotatable bonds is 7. The predicted molar refractivity (Wildman–Crippen MR) is 93.4 cm³/mol. The number of carbonyl (C=O) groups is 1. The Morgan fingerprint density at radius 2 is 2.00 bits per heavy atom. The summed E-state index contributed by atoms with van der Waals surface area (Å²) in [5.74, 6) is 0.223. The van der Waals surface area contributed by atoms with Gasteiger partial charge in [-0.05, 0) is 46.8 Å². The van der Waals surface area contributed by atoms with E-state index in [0.29, 0.717) is 24.5 Å². The Labute approximate surface area is 144 Å². The standard InChI is InChI=1S/C17H18N6O2/c1-25-10-9-23-17(20-21-22-23)13-3-2-4-15(11-13)19-14-7-5-12(6-8-14)16(18)24/h2-8,11,19H,9-10H2,1H3,(H2,18,24). The van der Waals surface area contributed by atoms with Crippen LogP contribution in [-0.2, 0) is 11.3 Å². The number of benzene rings is 2. The van der Waals surface area contributed by atoms with Crippen LogP contribution < -0.4 is 11.1 Å². The van der Waals surface area contributed by atoms with Gasteiger partial charge in [-0.1, -0.05) is 12.1 Å². The smallest absolute Gasteiger partial charge is 0.248 e. The Hall–Kier alpha value is -3.26. The number of ether oxygens (including phenoxy) is 1. The summed E-state index contributed by atoms with van der Waals surface area (Å²) in [5, 5.41) is 15.1. The van der Waals surface area contributed by atoms with Gasteiger partial charge in [0, 0.05) is 29.6 Å². The lowest BCUT2D eigenvalue weighted by atomic mass is 10.1. The van der Waals surface area contributed by atoms with Crippen LogP contribution in [0.5, 0.6) is 0 Å². The summed E-state index contributed by atoms with van der Waals surface area (Å²) < 4.78 is 6.77. The molecular weight excluding hydrogens is 320 g/mol. The molecule has 0 radical (unpaired) electrons. The molecule has 0 aliphatic carbocycles. The molecule has 1 heterocycles. The molecule has 25 heavy (non-hydrogen) atoms. The van der Waals surface area contributed by atoms with Gasteiger partial charge < -0.3 is 15.8 Å². The van der Waals surface area contributed by atoms with E-state index in [9.17, 15) is 4.79 Å². The Bertz CT molecular complexity index is 860. The number of nitrogens with zero attached hydrogens (tertiary/aromatic N) is 4. The van der Waals surface area contributed by atoms with Crippen molar-refractivity contribution in [3.63, 3.8) is 0 Å². The molecule has 0 fully saturated rings. The van der Waals surface area contributed by atoms with Crippen molar-refractivity contribution in [3.8, 4) is 11.4 Å². The zero-order chi connectivity index (χ0) is 17.6. The summed E-state index contributed by atoms with van der Waals surface area (Å²) in [5.41, 5.74) is 8.34. The molecule has 0 unspecified atom stereocenters. The number of primary amides is 1. The second-order valence-corrected chi connectivity index (χ2v) is 5.37. The summed E-state index contributed by atoms with van der Waals surface area (Å²) in [7, 11) is 1.64. The first kappa shape index (κ1) is 16.6. The van der Waals surface area contributed by atoms with E-state index in [1.54, 1.807) is 36.1 Å². The number of tetrazole rings is 1. The normalized spacial score (nSPS) is 10.6. The minimum atomic E-state index is -0.448. The number of nitrogens with one attached hydrogen (secondary N) is 1. The van der Waals surface area contributed by atoms with Crippen LogP contribution in [-0.4, -0.2) is 39.8 Å². The number of amides is 1. The van der Waals surface area contributed by atoms with E-state index in [1.165, 1.54) is 0 Å². The summed E-state index contributed by atoms with van der Waals surface area (Å²) in [4.78, 5) is 11.1. The highest BCUT2D eigenvalue weighted by atomic mass is 16.5. The molecule has 3 aromatic rings. The van der Waals surface area contributed by atoms with Crippen LogP contribution in [0, 0.1) is 0 Å². The fourth-order valence-corrected chi connectivity index (χ4v) is 2.36.